The molecule has 6 nitrogen and oxygen atoms in total. The Hall–Kier alpha value is -3.32. The number of amides is 2. The van der Waals surface area contributed by atoms with Gasteiger partial charge in [-0.05, 0) is 30.7 Å². The van der Waals surface area contributed by atoms with E-state index in [-0.39, 0.29) is 5.91 Å². The van der Waals surface area contributed by atoms with Crippen molar-refractivity contribution in [2.24, 2.45) is 5.73 Å². The smallest absolute Gasteiger partial charge is 0.256 e. The lowest BCUT2D eigenvalue weighted by molar-refractivity contribution is 0.100. The number of benzene rings is 2. The van der Waals surface area contributed by atoms with Crippen LogP contribution in [0.2, 0.25) is 0 Å². The molecule has 0 radical (unpaired) electrons. The van der Waals surface area contributed by atoms with Gasteiger partial charge in [-0.15, -0.1) is 11.3 Å². The number of thiophene rings is 1. The minimum atomic E-state index is -0.581. The van der Waals surface area contributed by atoms with E-state index in [9.17, 15) is 9.59 Å². The number of hydrogen-bond acceptors (Lipinski definition) is 5. The maximum Gasteiger partial charge on any atom is 0.256 e. The van der Waals surface area contributed by atoms with Gasteiger partial charge in [-0.1, -0.05) is 30.3 Å². The Labute approximate surface area is 172 Å². The Morgan fingerprint density at radius 2 is 1.76 bits per heavy atom. The minimum absolute atomic E-state index is 0.321. The number of rotatable bonds is 4. The average Bonchev–Trinajstić information content (AvgIpc) is 2.88. The highest BCUT2D eigenvalue weighted by atomic mass is 32.1. The molecule has 3 aromatic rings. The van der Waals surface area contributed by atoms with E-state index >= 15 is 0 Å². The number of primary amides is 1. The lowest BCUT2D eigenvalue weighted by Gasteiger charge is -2.10. The molecule has 1 aliphatic heterocycles. The normalized spacial score (nSPS) is 12.9. The Morgan fingerprint density at radius 3 is 2.48 bits per heavy atom. The number of carbonyl (C=O) groups is 2. The monoisotopic (exact) mass is 408 g/mol. The van der Waals surface area contributed by atoms with Crippen molar-refractivity contribution >= 4 is 28.2 Å². The summed E-state index contributed by atoms with van der Waals surface area (Å²) < 4.78 is 11.3. The molecule has 148 valence electrons. The van der Waals surface area contributed by atoms with Crippen molar-refractivity contribution in [2.45, 2.75) is 13.3 Å². The van der Waals surface area contributed by atoms with Crippen molar-refractivity contribution in [1.29, 1.82) is 0 Å². The molecule has 1 aliphatic rings. The van der Waals surface area contributed by atoms with Gasteiger partial charge < -0.3 is 20.5 Å². The second-order valence-corrected chi connectivity index (χ2v) is 7.86. The second kappa shape index (κ2) is 7.97. The van der Waals surface area contributed by atoms with Gasteiger partial charge in [0.25, 0.3) is 11.8 Å². The van der Waals surface area contributed by atoms with Gasteiger partial charge in [-0.3, -0.25) is 9.59 Å². The van der Waals surface area contributed by atoms with E-state index in [0.717, 1.165) is 22.4 Å². The van der Waals surface area contributed by atoms with E-state index in [0.29, 0.717) is 40.8 Å². The number of aryl methyl sites for hydroxylation is 1. The molecule has 1 aromatic heterocycles. The number of hydrogen-bond donors (Lipinski definition) is 2. The summed E-state index contributed by atoms with van der Waals surface area (Å²) >= 11 is 1.33. The van der Waals surface area contributed by atoms with E-state index in [4.69, 9.17) is 15.2 Å². The molecule has 0 saturated carbocycles. The summed E-state index contributed by atoms with van der Waals surface area (Å²) in [4.78, 5) is 26.0. The highest BCUT2D eigenvalue weighted by molar-refractivity contribution is 7.17. The zero-order chi connectivity index (χ0) is 20.4. The molecule has 0 aliphatic carbocycles. The van der Waals surface area contributed by atoms with Crippen LogP contribution in [-0.2, 0) is 0 Å². The molecule has 0 saturated heterocycles. The quantitative estimate of drug-likeness (QED) is 0.676. The fraction of sp³-hybridized carbons (Fsp3) is 0.182. The van der Waals surface area contributed by atoms with Gasteiger partial charge in [0.15, 0.2) is 11.5 Å². The number of carbonyl (C=O) groups excluding carboxylic acids is 2. The van der Waals surface area contributed by atoms with Crippen LogP contribution in [0.4, 0.5) is 5.00 Å². The fourth-order valence-corrected chi connectivity index (χ4v) is 4.38. The van der Waals surface area contributed by atoms with Crippen LogP contribution in [0.25, 0.3) is 11.1 Å². The molecule has 4 rings (SSSR count). The highest BCUT2D eigenvalue weighted by Gasteiger charge is 2.23. The zero-order valence-electron chi connectivity index (χ0n) is 15.9. The number of nitrogens with two attached hydrogens (primary N) is 1. The van der Waals surface area contributed by atoms with Crippen LogP contribution in [0.3, 0.4) is 0 Å². The van der Waals surface area contributed by atoms with Crippen LogP contribution < -0.4 is 20.5 Å². The van der Waals surface area contributed by atoms with Crippen molar-refractivity contribution in [3.05, 3.63) is 64.5 Å². The molecule has 0 bridgehead atoms. The van der Waals surface area contributed by atoms with E-state index in [1.807, 2.05) is 37.3 Å². The number of fused-ring (bicyclic) bond motifs is 1. The van der Waals surface area contributed by atoms with Crippen LogP contribution >= 0.6 is 11.3 Å². The van der Waals surface area contributed by atoms with Gasteiger partial charge in [-0.2, -0.15) is 0 Å². The standard InChI is InChI=1S/C22H20N2O4S/c1-13-18(14-6-3-2-4-7-14)19(20(23)25)22(29-13)24-21(26)15-8-9-16-17(12-15)28-11-5-10-27-16/h2-4,6-9,12H,5,10-11H2,1H3,(H2,23,25)(H,24,26). The third kappa shape index (κ3) is 3.82. The van der Waals surface area contributed by atoms with Crippen molar-refractivity contribution in [2.75, 3.05) is 18.5 Å². The summed E-state index contributed by atoms with van der Waals surface area (Å²) in [6.07, 6.45) is 0.787. The number of anilines is 1. The van der Waals surface area contributed by atoms with Crippen LogP contribution in [-0.4, -0.2) is 25.0 Å². The van der Waals surface area contributed by atoms with Crippen molar-refractivity contribution in [3.63, 3.8) is 0 Å². The molecule has 2 heterocycles. The van der Waals surface area contributed by atoms with Gasteiger partial charge in [0.05, 0.1) is 18.8 Å². The van der Waals surface area contributed by atoms with E-state index < -0.39 is 5.91 Å². The molecular weight excluding hydrogens is 388 g/mol. The van der Waals surface area contributed by atoms with Gasteiger partial charge in [0.2, 0.25) is 0 Å². The Morgan fingerprint density at radius 1 is 1.03 bits per heavy atom. The summed E-state index contributed by atoms with van der Waals surface area (Å²) in [7, 11) is 0. The molecule has 0 spiro atoms. The molecule has 3 N–H and O–H groups in total. The zero-order valence-corrected chi connectivity index (χ0v) is 16.7. The fourth-order valence-electron chi connectivity index (χ4n) is 3.30. The predicted octanol–water partition coefficient (Wildman–Crippen LogP) is 4.24. The number of ether oxygens (including phenoxy) is 2. The van der Waals surface area contributed by atoms with Gasteiger partial charge in [0.1, 0.15) is 5.00 Å². The Bertz CT molecular complexity index is 1080. The first-order chi connectivity index (χ1) is 14.0. The maximum atomic E-state index is 12.9. The molecule has 2 amide bonds. The first kappa shape index (κ1) is 19.0. The summed E-state index contributed by atoms with van der Waals surface area (Å²) in [5.41, 5.74) is 8.03. The molecule has 29 heavy (non-hydrogen) atoms. The lowest BCUT2D eigenvalue weighted by atomic mass is 10.0. The van der Waals surface area contributed by atoms with Gasteiger partial charge in [0, 0.05) is 22.4 Å². The SMILES string of the molecule is Cc1sc(NC(=O)c2ccc3c(c2)OCCCO3)c(C(N)=O)c1-c1ccccc1. The first-order valence-corrected chi connectivity index (χ1v) is 10.1. The Balaban J connectivity index is 1.67. The molecule has 0 fully saturated rings. The Kier molecular flexibility index (Phi) is 5.22. The molecule has 0 atom stereocenters. The van der Waals surface area contributed by atoms with Crippen LogP contribution in [0.5, 0.6) is 11.5 Å². The van der Waals surface area contributed by atoms with Crippen LogP contribution in [0, 0.1) is 6.92 Å². The summed E-state index contributed by atoms with van der Waals surface area (Å²) in [5, 5.41) is 3.28. The maximum absolute atomic E-state index is 12.9. The van der Waals surface area contributed by atoms with Gasteiger partial charge in [-0.25, -0.2) is 0 Å². The highest BCUT2D eigenvalue weighted by Crippen LogP contribution is 2.40. The summed E-state index contributed by atoms with van der Waals surface area (Å²) in [5.74, 6) is 0.235. The van der Waals surface area contributed by atoms with Crippen LogP contribution in [0.1, 0.15) is 32.0 Å². The van der Waals surface area contributed by atoms with Crippen molar-refractivity contribution in [3.8, 4) is 22.6 Å². The number of nitrogens with one attached hydrogen (secondary N) is 1. The van der Waals surface area contributed by atoms with Crippen molar-refractivity contribution < 1.29 is 19.1 Å². The molecule has 7 heteroatoms. The lowest BCUT2D eigenvalue weighted by Crippen LogP contribution is -2.17. The predicted molar refractivity (Wildman–Crippen MR) is 113 cm³/mol. The molecule has 2 aromatic carbocycles. The second-order valence-electron chi connectivity index (χ2n) is 6.63. The van der Waals surface area contributed by atoms with E-state index in [1.165, 1.54) is 11.3 Å². The van der Waals surface area contributed by atoms with E-state index in [1.54, 1.807) is 18.2 Å². The minimum Gasteiger partial charge on any atom is -0.490 e. The third-order valence-corrected chi connectivity index (χ3v) is 5.65. The topological polar surface area (TPSA) is 90.7 Å². The third-order valence-electron chi connectivity index (χ3n) is 4.63. The van der Waals surface area contributed by atoms with Crippen LogP contribution in [0.15, 0.2) is 48.5 Å². The molecular formula is C22H20N2O4S. The van der Waals surface area contributed by atoms with E-state index in [2.05, 4.69) is 5.32 Å². The van der Waals surface area contributed by atoms with Crippen molar-refractivity contribution in [1.82, 2.24) is 0 Å². The summed E-state index contributed by atoms with van der Waals surface area (Å²) in [6.45, 7) is 3.02. The first-order valence-electron chi connectivity index (χ1n) is 9.24. The largest absolute Gasteiger partial charge is 0.490 e. The van der Waals surface area contributed by atoms with Gasteiger partial charge >= 0.3 is 0 Å². The average molecular weight is 408 g/mol. The summed E-state index contributed by atoms with van der Waals surface area (Å²) in [6, 6.07) is 14.6. The molecule has 0 unspecified atom stereocenters.